The van der Waals surface area contributed by atoms with Crippen molar-refractivity contribution in [1.29, 1.82) is 0 Å². The number of benzene rings is 2. The second-order valence-corrected chi connectivity index (χ2v) is 7.16. The number of allylic oxidation sites excluding steroid dienone is 2. The van der Waals surface area contributed by atoms with Crippen LogP contribution < -0.4 is 4.74 Å². The van der Waals surface area contributed by atoms with Crippen molar-refractivity contribution >= 4 is 17.5 Å². The van der Waals surface area contributed by atoms with E-state index in [1.165, 1.54) is 19.1 Å². The molecule has 0 heterocycles. The first kappa shape index (κ1) is 15.3. The van der Waals surface area contributed by atoms with Crippen molar-refractivity contribution in [3.63, 3.8) is 0 Å². The lowest BCUT2D eigenvalue weighted by Crippen LogP contribution is -2.47. The van der Waals surface area contributed by atoms with E-state index < -0.39 is 0 Å². The van der Waals surface area contributed by atoms with Gasteiger partial charge in [0.15, 0.2) is 11.6 Å². The topological polar surface area (TPSA) is 60.4 Å². The number of hydrogen-bond donors (Lipinski definition) is 0. The van der Waals surface area contributed by atoms with Crippen LogP contribution >= 0.6 is 0 Å². The van der Waals surface area contributed by atoms with Gasteiger partial charge in [0, 0.05) is 30.6 Å². The Hall–Kier alpha value is -3.01. The number of rotatable bonds is 1. The molecule has 2 bridgehead atoms. The second-order valence-electron chi connectivity index (χ2n) is 7.16. The smallest absolute Gasteiger partial charge is 0.308 e. The van der Waals surface area contributed by atoms with Crippen LogP contribution in [0.1, 0.15) is 41.0 Å². The van der Waals surface area contributed by atoms with Gasteiger partial charge >= 0.3 is 5.97 Å². The van der Waals surface area contributed by atoms with Crippen LogP contribution in [0.25, 0.3) is 0 Å². The van der Waals surface area contributed by atoms with Gasteiger partial charge in [-0.15, -0.1) is 0 Å². The van der Waals surface area contributed by atoms with Crippen molar-refractivity contribution in [3.05, 3.63) is 76.9 Å². The van der Waals surface area contributed by atoms with E-state index in [9.17, 15) is 14.4 Å². The Morgan fingerprint density at radius 2 is 1.35 bits per heavy atom. The van der Waals surface area contributed by atoms with E-state index in [-0.39, 0.29) is 41.2 Å². The molecule has 4 atom stereocenters. The lowest BCUT2D eigenvalue weighted by atomic mass is 9.51. The summed E-state index contributed by atoms with van der Waals surface area (Å²) in [5.41, 5.74) is 4.28. The van der Waals surface area contributed by atoms with Gasteiger partial charge in [-0.25, -0.2) is 0 Å². The summed E-state index contributed by atoms with van der Waals surface area (Å²) in [6.45, 7) is 1.37. The Balaban J connectivity index is 1.77. The maximum Gasteiger partial charge on any atom is 0.308 e. The van der Waals surface area contributed by atoms with E-state index in [1.807, 2.05) is 30.3 Å². The molecular weight excluding hydrogens is 328 g/mol. The highest BCUT2D eigenvalue weighted by molar-refractivity contribution is 6.09. The van der Waals surface area contributed by atoms with Gasteiger partial charge < -0.3 is 4.74 Å². The zero-order valence-corrected chi connectivity index (χ0v) is 14.1. The molecular formula is C22H16O4. The summed E-state index contributed by atoms with van der Waals surface area (Å²) >= 11 is 0. The molecule has 0 radical (unpaired) electrons. The first-order valence-electron chi connectivity index (χ1n) is 8.73. The highest BCUT2D eigenvalue weighted by Crippen LogP contribution is 2.60. The highest BCUT2D eigenvalue weighted by Gasteiger charge is 2.55. The summed E-state index contributed by atoms with van der Waals surface area (Å²) in [5, 5.41) is 0. The molecule has 0 unspecified atom stereocenters. The minimum atomic E-state index is -0.382. The van der Waals surface area contributed by atoms with Crippen molar-refractivity contribution in [3.8, 4) is 5.75 Å². The van der Waals surface area contributed by atoms with Crippen molar-refractivity contribution in [2.75, 3.05) is 0 Å². The quantitative estimate of drug-likeness (QED) is 0.589. The summed E-state index contributed by atoms with van der Waals surface area (Å²) in [6.07, 6.45) is 2.85. The van der Waals surface area contributed by atoms with E-state index in [4.69, 9.17) is 4.74 Å². The van der Waals surface area contributed by atoms with Crippen LogP contribution in [0.5, 0.6) is 5.75 Å². The van der Waals surface area contributed by atoms with Gasteiger partial charge in [-0.3, -0.25) is 14.4 Å². The van der Waals surface area contributed by atoms with E-state index in [2.05, 4.69) is 6.07 Å². The zero-order valence-electron chi connectivity index (χ0n) is 14.1. The van der Waals surface area contributed by atoms with Crippen LogP contribution in [0.2, 0.25) is 0 Å². The summed E-state index contributed by atoms with van der Waals surface area (Å²) in [6, 6.07) is 13.6. The molecule has 4 aliphatic carbocycles. The molecule has 4 heteroatoms. The van der Waals surface area contributed by atoms with Gasteiger partial charge in [0.25, 0.3) is 0 Å². The fourth-order valence-corrected chi connectivity index (χ4v) is 5.00. The lowest BCUT2D eigenvalue weighted by molar-refractivity contribution is -0.132. The number of esters is 1. The second kappa shape index (κ2) is 5.24. The monoisotopic (exact) mass is 344 g/mol. The molecule has 26 heavy (non-hydrogen) atoms. The molecule has 0 spiro atoms. The van der Waals surface area contributed by atoms with E-state index in [0.717, 1.165) is 22.3 Å². The average Bonchev–Trinajstić information content (AvgIpc) is 2.63. The van der Waals surface area contributed by atoms with Crippen LogP contribution in [0, 0.1) is 11.8 Å². The van der Waals surface area contributed by atoms with Crippen LogP contribution in [0.15, 0.2) is 54.6 Å². The van der Waals surface area contributed by atoms with Crippen LogP contribution in [0.3, 0.4) is 0 Å². The average molecular weight is 344 g/mol. The van der Waals surface area contributed by atoms with Gasteiger partial charge in [0.05, 0.1) is 0 Å². The van der Waals surface area contributed by atoms with Crippen molar-refractivity contribution < 1.29 is 19.1 Å². The molecule has 0 amide bonds. The standard InChI is InChI=1S/C22H16O4/c1-11(23)26-12-6-7-15-16(10-12)20-14-5-3-2-4-13(14)19(15)21-17(24)8-9-18(25)22(20)21/h2-10,19-22H,1H3/t19-,20-,21+,22-/m1/s1. The predicted molar refractivity (Wildman–Crippen MR) is 94.0 cm³/mol. The highest BCUT2D eigenvalue weighted by atomic mass is 16.5. The third-order valence-electron chi connectivity index (χ3n) is 5.83. The van der Waals surface area contributed by atoms with Gasteiger partial charge in [0.2, 0.25) is 0 Å². The first-order valence-corrected chi connectivity index (χ1v) is 8.73. The first-order chi connectivity index (χ1) is 12.6. The Kier molecular flexibility index (Phi) is 3.08. The molecule has 0 aromatic heterocycles. The number of carbonyl (C=O) groups excluding carboxylic acids is 3. The van der Waals surface area contributed by atoms with Crippen molar-refractivity contribution in [1.82, 2.24) is 0 Å². The fourth-order valence-electron chi connectivity index (χ4n) is 5.00. The minimum absolute atomic E-state index is 0.00245. The van der Waals surface area contributed by atoms with Crippen LogP contribution in [-0.2, 0) is 14.4 Å². The Bertz CT molecular complexity index is 1020. The summed E-state index contributed by atoms with van der Waals surface area (Å²) in [7, 11) is 0. The predicted octanol–water partition coefficient (Wildman–Crippen LogP) is 3.14. The fraction of sp³-hybridized carbons (Fsp3) is 0.227. The molecule has 0 aliphatic heterocycles. The maximum absolute atomic E-state index is 12.7. The molecule has 4 nitrogen and oxygen atoms in total. The van der Waals surface area contributed by atoms with E-state index in [0.29, 0.717) is 5.75 Å². The summed E-state index contributed by atoms with van der Waals surface area (Å²) < 4.78 is 5.26. The number of ether oxygens (including phenoxy) is 1. The zero-order chi connectivity index (χ0) is 18.0. The SMILES string of the molecule is CC(=O)Oc1ccc2c(c1)[C@H]1c3ccccc3[C@H]2[C@@H]2C(=O)C=CC(=O)[C@H]12. The van der Waals surface area contributed by atoms with Gasteiger partial charge in [-0.05, 0) is 46.5 Å². The van der Waals surface area contributed by atoms with Crippen molar-refractivity contribution in [2.24, 2.45) is 11.8 Å². The van der Waals surface area contributed by atoms with Gasteiger partial charge in [-0.2, -0.15) is 0 Å². The molecule has 2 aromatic rings. The molecule has 0 saturated carbocycles. The number of carbonyl (C=O) groups is 3. The Morgan fingerprint density at radius 1 is 0.808 bits per heavy atom. The largest absolute Gasteiger partial charge is 0.427 e. The van der Waals surface area contributed by atoms with Gasteiger partial charge in [-0.1, -0.05) is 30.3 Å². The van der Waals surface area contributed by atoms with Crippen molar-refractivity contribution in [2.45, 2.75) is 18.8 Å². The van der Waals surface area contributed by atoms with E-state index >= 15 is 0 Å². The third kappa shape index (κ3) is 1.93. The Labute approximate surface area is 150 Å². The summed E-state index contributed by atoms with van der Waals surface area (Å²) in [5.74, 6) is -0.931. The minimum Gasteiger partial charge on any atom is -0.427 e. The lowest BCUT2D eigenvalue weighted by Gasteiger charge is -2.50. The third-order valence-corrected chi connectivity index (χ3v) is 5.83. The molecule has 2 aromatic carbocycles. The molecule has 128 valence electrons. The molecule has 0 N–H and O–H groups in total. The normalized spacial score (nSPS) is 27.6. The number of hydrogen-bond acceptors (Lipinski definition) is 4. The molecule has 0 saturated heterocycles. The number of ketones is 2. The van der Waals surface area contributed by atoms with Crippen LogP contribution in [0.4, 0.5) is 0 Å². The molecule has 6 rings (SSSR count). The van der Waals surface area contributed by atoms with Gasteiger partial charge in [0.1, 0.15) is 5.75 Å². The molecule has 4 aliphatic rings. The Morgan fingerprint density at radius 3 is 1.92 bits per heavy atom. The summed E-state index contributed by atoms with van der Waals surface area (Å²) in [4.78, 5) is 36.7. The van der Waals surface area contributed by atoms with E-state index in [1.54, 1.807) is 6.07 Å². The maximum atomic E-state index is 12.7. The van der Waals surface area contributed by atoms with Crippen LogP contribution in [-0.4, -0.2) is 17.5 Å². The molecule has 0 fully saturated rings.